The molecule has 0 bridgehead atoms. The third kappa shape index (κ3) is 31.8. The molecule has 0 spiro atoms. The number of hydrogen-bond acceptors (Lipinski definition) is 24. The van der Waals surface area contributed by atoms with Crippen LogP contribution in [-0.4, -0.2) is 125 Å². The maximum atomic E-state index is 13.4. The maximum absolute atomic E-state index is 13.4. The lowest BCUT2D eigenvalue weighted by atomic mass is 10.1. The van der Waals surface area contributed by atoms with Gasteiger partial charge in [0.25, 0.3) is 35.4 Å². The maximum Gasteiger partial charge on any atom is 0.310 e. The van der Waals surface area contributed by atoms with Crippen LogP contribution in [0.25, 0.3) is 0 Å². The second kappa shape index (κ2) is 49.4. The Labute approximate surface area is 770 Å². The van der Waals surface area contributed by atoms with E-state index in [1.54, 1.807) is 45.9 Å². The highest BCUT2D eigenvalue weighted by molar-refractivity contribution is 6.11. The zero-order valence-corrected chi connectivity index (χ0v) is 77.6. The highest BCUT2D eigenvalue weighted by atomic mass is 16.6. The van der Waals surface area contributed by atoms with Crippen LogP contribution in [0.1, 0.15) is 237 Å². The lowest BCUT2D eigenvalue weighted by Gasteiger charge is -2.19. The van der Waals surface area contributed by atoms with E-state index in [-0.39, 0.29) is 175 Å². The van der Waals surface area contributed by atoms with Gasteiger partial charge in [0.05, 0.1) is 106 Å². The van der Waals surface area contributed by atoms with Gasteiger partial charge in [0.2, 0.25) is 17.7 Å². The Morgan fingerprint density at radius 1 is 0.263 bits per heavy atom. The van der Waals surface area contributed by atoms with Gasteiger partial charge >= 0.3 is 17.1 Å². The van der Waals surface area contributed by atoms with E-state index >= 15 is 0 Å². The van der Waals surface area contributed by atoms with Crippen LogP contribution in [0.2, 0.25) is 0 Å². The smallest absolute Gasteiger partial charge is 0.310 e. The molecule has 12 N–H and O–H groups in total. The zero-order valence-electron chi connectivity index (χ0n) is 77.6. The number of nitro benzene ring substituents is 3. The van der Waals surface area contributed by atoms with Gasteiger partial charge in [0.1, 0.15) is 34.5 Å². The van der Waals surface area contributed by atoms with Crippen molar-refractivity contribution in [2.24, 2.45) is 40.9 Å². The average Bonchev–Trinajstić information content (AvgIpc) is 0.817. The van der Waals surface area contributed by atoms with E-state index < -0.39 is 67.9 Å². The molecular weight excluding hydrogens is 1720 g/mol. The molecular formula is C97H116N12O24. The van der Waals surface area contributed by atoms with Gasteiger partial charge in [-0.15, -0.1) is 0 Å². The highest BCUT2D eigenvalue weighted by Crippen LogP contribution is 2.39. The number of ether oxygens (including phenoxy) is 9. The van der Waals surface area contributed by atoms with E-state index in [4.69, 9.17) is 59.8 Å². The fourth-order valence-corrected chi connectivity index (χ4v) is 11.6. The molecule has 0 radical (unpaired) electrons. The molecule has 3 atom stereocenters. The molecule has 0 saturated carbocycles. The SMILES string of the molecule is CC(C)COc1cc(C(N)=O)ccc1NC(=O)c1ccc(NC(=O)c2ccc([N+](=O)[O-])c(OC(C)C)c2)c(OC(C)C)c1.CCC(C)Oc1cc(C(N)=O)ccc1NC(=O)c1ccc(NC(=O)c2ccc([N+](=O)[O-])c(OCC(C)C)c2)c(OC(C)CC)c1.CCC(C)Oc1cc(C(N)=O)ccc1NC(=O)c1ccc(NC(=O)c2ccc([N+](=O)[O-])c(OCC(C)C)c2)c(OCC(C)C)c1. The van der Waals surface area contributed by atoms with Gasteiger partial charge in [-0.05, 0) is 219 Å². The highest BCUT2D eigenvalue weighted by Gasteiger charge is 2.28. The molecule has 0 aliphatic heterocycles. The van der Waals surface area contributed by atoms with Crippen molar-refractivity contribution in [2.45, 2.75) is 174 Å². The minimum absolute atomic E-state index is 0.00908. The molecule has 0 aliphatic rings. The number of rotatable bonds is 43. The molecule has 0 saturated heterocycles. The van der Waals surface area contributed by atoms with Crippen molar-refractivity contribution < 1.29 is 101 Å². The van der Waals surface area contributed by atoms with Crippen molar-refractivity contribution in [3.63, 3.8) is 0 Å². The minimum Gasteiger partial charge on any atom is -0.491 e. The van der Waals surface area contributed by atoms with E-state index in [2.05, 4.69) is 31.9 Å². The molecule has 0 aromatic heterocycles. The first-order chi connectivity index (χ1) is 62.8. The number of hydrogen-bond donors (Lipinski definition) is 9. The number of primary amides is 3. The van der Waals surface area contributed by atoms with Crippen LogP contribution in [0, 0.1) is 54.0 Å². The quantitative estimate of drug-likeness (QED) is 0.0127. The summed E-state index contributed by atoms with van der Waals surface area (Å²) in [5, 5.41) is 51.1. The predicted molar refractivity (Wildman–Crippen MR) is 505 cm³/mol. The number of anilines is 6. The lowest BCUT2D eigenvalue weighted by Crippen LogP contribution is -2.19. The summed E-state index contributed by atoms with van der Waals surface area (Å²) in [5.41, 5.74) is 19.3. The van der Waals surface area contributed by atoms with Crippen molar-refractivity contribution in [1.82, 2.24) is 0 Å². The van der Waals surface area contributed by atoms with E-state index in [1.165, 1.54) is 146 Å². The van der Waals surface area contributed by atoms with Gasteiger partial charge in [-0.25, -0.2) is 0 Å². The van der Waals surface area contributed by atoms with Gasteiger partial charge in [-0.3, -0.25) is 73.5 Å². The summed E-state index contributed by atoms with van der Waals surface area (Å²) in [5.74, 6) is -2.82. The Hall–Kier alpha value is -15.4. The fourth-order valence-electron chi connectivity index (χ4n) is 11.6. The van der Waals surface area contributed by atoms with Crippen LogP contribution in [0.3, 0.4) is 0 Å². The molecule has 0 fully saturated rings. The Morgan fingerprint density at radius 2 is 0.444 bits per heavy atom. The number of nitrogens with two attached hydrogens (primary N) is 3. The van der Waals surface area contributed by atoms with Crippen LogP contribution in [0.4, 0.5) is 51.2 Å². The molecule has 0 aliphatic carbocycles. The number of amides is 9. The van der Waals surface area contributed by atoms with Crippen LogP contribution < -0.4 is 91.7 Å². The first-order valence-corrected chi connectivity index (χ1v) is 43.2. The van der Waals surface area contributed by atoms with E-state index in [0.29, 0.717) is 78.2 Å². The molecule has 3 unspecified atom stereocenters. The lowest BCUT2D eigenvalue weighted by molar-refractivity contribution is -0.386. The van der Waals surface area contributed by atoms with E-state index in [9.17, 15) is 73.5 Å². The van der Waals surface area contributed by atoms with Gasteiger partial charge in [0, 0.05) is 86.5 Å². The first kappa shape index (κ1) is 105. The Kier molecular flexibility index (Phi) is 38.9. The topological polar surface area (TPSA) is 516 Å². The number of carbonyl (C=O) groups is 9. The van der Waals surface area contributed by atoms with E-state index in [1.807, 2.05) is 96.9 Å². The van der Waals surface area contributed by atoms with Crippen molar-refractivity contribution in [3.05, 3.63) is 244 Å². The van der Waals surface area contributed by atoms with Crippen molar-refractivity contribution in [3.8, 4) is 51.7 Å². The normalized spacial score (nSPS) is 11.5. The standard InChI is InChI=1S/2C33H40N4O8.C31H36N4O8/c1-7-21(6)45-29-14-22(31(34)38)8-11-26(29)36-32(39)23-9-12-25(28(15-23)43-17-19(2)3)35-33(40)24-10-13-27(37(41)42)30(16-24)44-18-20(4)5;1-7-20(5)44-28-15-22(31(34)38)9-12-25(28)35-32(39)23-10-13-26(29(16-23)45-21(6)8-2)36-33(40)24-11-14-27(37(41)42)30(17-24)43-18-19(3)4;1-17(2)16-41-26-13-20(29(32)36)7-10-23(26)33-30(37)21-8-11-24(27(14-21)42-18(3)4)34-31(38)22-9-12-25(35(39)40)28(15-22)43-19(5)6/h8-16,19-21H,7,17-18H2,1-6H3,(H2,34,38)(H,35,40)(H,36,39);9-17,19-21H,7-8,18H2,1-6H3,(H2,34,38)(H,35,39)(H,36,40);7-15,17-19H,16H2,1-6H3,(H2,32,36)(H,33,37)(H,34,38). The zero-order chi connectivity index (χ0) is 98.4. The van der Waals surface area contributed by atoms with Crippen molar-refractivity contribution in [2.75, 3.05) is 58.3 Å². The Bertz CT molecular complexity index is 5720. The molecule has 708 valence electrons. The van der Waals surface area contributed by atoms with E-state index in [0.717, 1.165) is 0 Å². The molecule has 133 heavy (non-hydrogen) atoms. The molecule has 9 rings (SSSR count). The molecule has 0 heterocycles. The molecule has 9 aromatic rings. The fraction of sp³-hybridized carbons (Fsp3) is 0.351. The molecule has 36 nitrogen and oxygen atoms in total. The largest absolute Gasteiger partial charge is 0.491 e. The first-order valence-electron chi connectivity index (χ1n) is 43.2. The number of carbonyl (C=O) groups excluding carboxylic acids is 9. The summed E-state index contributed by atoms with van der Waals surface area (Å²) < 4.78 is 52.4. The second-order valence-electron chi connectivity index (χ2n) is 33.1. The van der Waals surface area contributed by atoms with Crippen LogP contribution >= 0.6 is 0 Å². The van der Waals surface area contributed by atoms with Gasteiger partial charge in [0.15, 0.2) is 17.2 Å². The summed E-state index contributed by atoms with van der Waals surface area (Å²) >= 11 is 0. The van der Waals surface area contributed by atoms with Crippen molar-refractivity contribution >= 4 is 104 Å². The molecule has 9 aromatic carbocycles. The number of nitrogens with zero attached hydrogens (tertiary/aromatic N) is 3. The summed E-state index contributed by atoms with van der Waals surface area (Å²) in [4.78, 5) is 147. The monoisotopic (exact) mass is 1830 g/mol. The van der Waals surface area contributed by atoms with Crippen LogP contribution in [-0.2, 0) is 0 Å². The second-order valence-corrected chi connectivity index (χ2v) is 33.1. The Morgan fingerprint density at radius 3 is 0.677 bits per heavy atom. The van der Waals surface area contributed by atoms with Gasteiger partial charge in [-0.2, -0.15) is 0 Å². The van der Waals surface area contributed by atoms with Crippen LogP contribution in [0.15, 0.2) is 164 Å². The summed E-state index contributed by atoms with van der Waals surface area (Å²) in [6.45, 7) is 35.1. The Balaban J connectivity index is 0.000000272. The number of benzene rings is 9. The summed E-state index contributed by atoms with van der Waals surface area (Å²) in [7, 11) is 0. The van der Waals surface area contributed by atoms with Crippen molar-refractivity contribution in [1.29, 1.82) is 0 Å². The summed E-state index contributed by atoms with van der Waals surface area (Å²) in [6, 6.07) is 38.8. The number of nitro groups is 3. The average molecular weight is 1830 g/mol. The van der Waals surface area contributed by atoms with Gasteiger partial charge < -0.3 is 91.7 Å². The minimum atomic E-state index is -0.627. The predicted octanol–water partition coefficient (Wildman–Crippen LogP) is 18.8. The summed E-state index contributed by atoms with van der Waals surface area (Å²) in [6.07, 6.45) is 0.801. The molecule has 9 amide bonds. The van der Waals surface area contributed by atoms with Crippen LogP contribution in [0.5, 0.6) is 51.7 Å². The van der Waals surface area contributed by atoms with Gasteiger partial charge in [-0.1, -0.05) is 76.2 Å². The third-order valence-electron chi connectivity index (χ3n) is 19.0. The third-order valence-corrected chi connectivity index (χ3v) is 19.0. The molecule has 36 heteroatoms. The number of nitrogens with one attached hydrogen (secondary N) is 6.